The maximum atomic E-state index is 12.2. The van der Waals surface area contributed by atoms with Crippen molar-refractivity contribution in [3.05, 3.63) is 36.5 Å². The molecule has 0 spiro atoms. The van der Waals surface area contributed by atoms with Crippen LogP contribution in [-0.4, -0.2) is 69.0 Å². The van der Waals surface area contributed by atoms with E-state index in [0.29, 0.717) is 5.57 Å². The first-order chi connectivity index (χ1) is 12.5. The SMILES string of the molecule is C=C(C)C(=O)O[C@H]1CC(=C)[C@@H]2[C@@H](O)[C@H](O)[C@](O)(CO)[C@@H]2[C@H]2OC(=O)C(=C)[C@@H]21. The molecular weight excluding hydrogens is 356 g/mol. The van der Waals surface area contributed by atoms with E-state index in [0.717, 1.165) is 0 Å². The first-order valence-corrected chi connectivity index (χ1v) is 8.67. The van der Waals surface area contributed by atoms with Crippen LogP contribution in [0.2, 0.25) is 0 Å². The smallest absolute Gasteiger partial charge is 0.334 e. The fraction of sp³-hybridized carbons (Fsp3) is 0.579. The van der Waals surface area contributed by atoms with Crippen LogP contribution in [-0.2, 0) is 19.1 Å². The third-order valence-electron chi connectivity index (χ3n) is 5.98. The van der Waals surface area contributed by atoms with E-state index in [-0.39, 0.29) is 17.6 Å². The summed E-state index contributed by atoms with van der Waals surface area (Å²) < 4.78 is 10.9. The molecule has 0 aromatic rings. The number of fused-ring (bicyclic) bond motifs is 3. The number of carbonyl (C=O) groups is 2. The van der Waals surface area contributed by atoms with Gasteiger partial charge in [-0.25, -0.2) is 9.59 Å². The van der Waals surface area contributed by atoms with Crippen molar-refractivity contribution in [2.24, 2.45) is 17.8 Å². The van der Waals surface area contributed by atoms with Crippen LogP contribution in [0.5, 0.6) is 0 Å². The summed E-state index contributed by atoms with van der Waals surface area (Å²) in [5.41, 5.74) is -1.48. The highest BCUT2D eigenvalue weighted by molar-refractivity contribution is 5.91. The van der Waals surface area contributed by atoms with Crippen LogP contribution in [0.1, 0.15) is 13.3 Å². The standard InChI is InChI=1S/C19H24O8/c1-7(2)17(23)26-10-5-8(3)11-13(15-12(10)9(4)18(24)27-15)19(25,6-20)16(22)14(11)21/h10-16,20-22,25H,1,3-6H2,2H3/t10-,11-,12+,13-,14+,15-,16-,19-/m0/s1. The van der Waals surface area contributed by atoms with Gasteiger partial charge in [0.05, 0.1) is 18.6 Å². The molecule has 3 fully saturated rings. The Bertz CT molecular complexity index is 727. The zero-order valence-electron chi connectivity index (χ0n) is 15.0. The molecule has 0 aromatic carbocycles. The van der Waals surface area contributed by atoms with Crippen molar-refractivity contribution in [2.75, 3.05) is 6.61 Å². The minimum absolute atomic E-state index is 0.0594. The van der Waals surface area contributed by atoms with Crippen LogP contribution in [0.4, 0.5) is 0 Å². The fourth-order valence-electron chi connectivity index (χ4n) is 4.61. The Balaban J connectivity index is 2.09. The van der Waals surface area contributed by atoms with Crippen LogP contribution < -0.4 is 0 Å². The van der Waals surface area contributed by atoms with Gasteiger partial charge in [-0.2, -0.15) is 0 Å². The van der Waals surface area contributed by atoms with Gasteiger partial charge in [0.15, 0.2) is 0 Å². The molecule has 8 nitrogen and oxygen atoms in total. The third-order valence-corrected chi connectivity index (χ3v) is 5.98. The second kappa shape index (κ2) is 6.56. The molecule has 0 bridgehead atoms. The lowest BCUT2D eigenvalue weighted by atomic mass is 9.76. The van der Waals surface area contributed by atoms with Gasteiger partial charge in [-0.05, 0) is 6.92 Å². The number of hydrogen-bond acceptors (Lipinski definition) is 8. The second-order valence-electron chi connectivity index (χ2n) is 7.64. The van der Waals surface area contributed by atoms with Crippen molar-refractivity contribution in [3.8, 4) is 0 Å². The Labute approximate surface area is 156 Å². The molecule has 2 saturated carbocycles. The first kappa shape index (κ1) is 19.8. The van der Waals surface area contributed by atoms with Crippen molar-refractivity contribution in [1.82, 2.24) is 0 Å². The number of aliphatic hydroxyl groups is 4. The van der Waals surface area contributed by atoms with Crippen molar-refractivity contribution in [1.29, 1.82) is 0 Å². The van der Waals surface area contributed by atoms with Gasteiger partial charge in [0.1, 0.15) is 23.9 Å². The van der Waals surface area contributed by atoms with E-state index in [4.69, 9.17) is 9.47 Å². The summed E-state index contributed by atoms with van der Waals surface area (Å²) in [7, 11) is 0. The number of esters is 2. The quantitative estimate of drug-likeness (QED) is 0.285. The molecule has 3 aliphatic rings. The van der Waals surface area contributed by atoms with E-state index in [9.17, 15) is 30.0 Å². The minimum Gasteiger partial charge on any atom is -0.458 e. The number of hydrogen-bond donors (Lipinski definition) is 4. The number of ether oxygens (including phenoxy) is 2. The summed E-state index contributed by atoms with van der Waals surface area (Å²) >= 11 is 0. The number of aliphatic hydroxyl groups excluding tert-OH is 3. The highest BCUT2D eigenvalue weighted by Crippen LogP contribution is 2.54. The topological polar surface area (TPSA) is 134 Å². The monoisotopic (exact) mass is 380 g/mol. The Morgan fingerprint density at radius 3 is 2.52 bits per heavy atom. The Hall–Kier alpha value is -2.00. The predicted molar refractivity (Wildman–Crippen MR) is 92.0 cm³/mol. The van der Waals surface area contributed by atoms with Gasteiger partial charge < -0.3 is 29.9 Å². The zero-order chi connectivity index (χ0) is 20.3. The molecule has 148 valence electrons. The van der Waals surface area contributed by atoms with Gasteiger partial charge in [0, 0.05) is 29.4 Å². The summed E-state index contributed by atoms with van der Waals surface area (Å²) in [6.45, 7) is 11.8. The molecule has 8 heteroatoms. The number of carbonyl (C=O) groups excluding carboxylic acids is 2. The third kappa shape index (κ3) is 2.75. The summed E-state index contributed by atoms with van der Waals surface area (Å²) in [5.74, 6) is -4.10. The maximum absolute atomic E-state index is 12.2. The van der Waals surface area contributed by atoms with Gasteiger partial charge >= 0.3 is 11.9 Å². The summed E-state index contributed by atoms with van der Waals surface area (Å²) in [5, 5.41) is 41.5. The fourth-order valence-corrected chi connectivity index (χ4v) is 4.61. The van der Waals surface area contributed by atoms with Crippen molar-refractivity contribution < 1.29 is 39.5 Å². The Kier molecular flexibility index (Phi) is 4.80. The van der Waals surface area contributed by atoms with Crippen LogP contribution in [0, 0.1) is 17.8 Å². The molecule has 4 N–H and O–H groups in total. The highest BCUT2D eigenvalue weighted by atomic mass is 16.6. The molecule has 1 aliphatic heterocycles. The van der Waals surface area contributed by atoms with E-state index in [1.165, 1.54) is 6.92 Å². The molecule has 0 radical (unpaired) electrons. The molecule has 1 heterocycles. The molecule has 3 rings (SSSR count). The Morgan fingerprint density at radius 1 is 1.33 bits per heavy atom. The van der Waals surface area contributed by atoms with E-state index in [1.807, 2.05) is 0 Å². The van der Waals surface area contributed by atoms with Crippen LogP contribution in [0.15, 0.2) is 36.5 Å². The largest absolute Gasteiger partial charge is 0.458 e. The zero-order valence-corrected chi connectivity index (χ0v) is 15.0. The van der Waals surface area contributed by atoms with Gasteiger partial charge in [0.25, 0.3) is 0 Å². The van der Waals surface area contributed by atoms with Gasteiger partial charge in [-0.15, -0.1) is 0 Å². The average molecular weight is 380 g/mol. The molecule has 2 aliphatic carbocycles. The lowest BCUT2D eigenvalue weighted by Gasteiger charge is -2.36. The van der Waals surface area contributed by atoms with E-state index < -0.39 is 66.3 Å². The maximum Gasteiger partial charge on any atom is 0.334 e. The van der Waals surface area contributed by atoms with Crippen molar-refractivity contribution in [2.45, 2.75) is 43.4 Å². The molecule has 0 aromatic heterocycles. The predicted octanol–water partition coefficient (Wildman–Crippen LogP) is -0.777. The molecule has 0 unspecified atom stereocenters. The van der Waals surface area contributed by atoms with Crippen molar-refractivity contribution in [3.63, 3.8) is 0 Å². The van der Waals surface area contributed by atoms with E-state index in [2.05, 4.69) is 19.7 Å². The molecule has 0 amide bonds. The van der Waals surface area contributed by atoms with Crippen LogP contribution >= 0.6 is 0 Å². The summed E-state index contributed by atoms with van der Waals surface area (Å²) in [4.78, 5) is 24.2. The highest BCUT2D eigenvalue weighted by Gasteiger charge is 2.67. The van der Waals surface area contributed by atoms with Gasteiger partial charge in [-0.3, -0.25) is 0 Å². The normalized spacial score (nSPS) is 43.6. The molecule has 8 atom stereocenters. The van der Waals surface area contributed by atoms with Crippen LogP contribution in [0.3, 0.4) is 0 Å². The average Bonchev–Trinajstić information content (AvgIpc) is 2.95. The van der Waals surface area contributed by atoms with Gasteiger partial charge in [-0.1, -0.05) is 25.3 Å². The lowest BCUT2D eigenvalue weighted by molar-refractivity contribution is -0.167. The van der Waals surface area contributed by atoms with E-state index >= 15 is 0 Å². The Morgan fingerprint density at radius 2 is 1.96 bits per heavy atom. The van der Waals surface area contributed by atoms with Crippen molar-refractivity contribution >= 4 is 11.9 Å². The second-order valence-corrected chi connectivity index (χ2v) is 7.64. The summed E-state index contributed by atoms with van der Waals surface area (Å²) in [6.07, 6.45) is -4.94. The summed E-state index contributed by atoms with van der Waals surface area (Å²) in [6, 6.07) is 0. The molecular formula is C19H24O8. The lowest BCUT2D eigenvalue weighted by Crippen LogP contribution is -2.53. The molecule has 1 saturated heterocycles. The minimum atomic E-state index is -2.12. The first-order valence-electron chi connectivity index (χ1n) is 8.67. The van der Waals surface area contributed by atoms with Gasteiger partial charge in [0.2, 0.25) is 0 Å². The van der Waals surface area contributed by atoms with Crippen LogP contribution in [0.25, 0.3) is 0 Å². The number of rotatable bonds is 3. The van der Waals surface area contributed by atoms with E-state index in [1.54, 1.807) is 0 Å². The molecule has 27 heavy (non-hydrogen) atoms.